The number of aromatic nitrogens is 2. The van der Waals surface area contributed by atoms with Gasteiger partial charge in [-0.1, -0.05) is 47.5 Å². The monoisotopic (exact) mass is 410 g/mol. The normalized spacial score (nSPS) is 11.0. The second-order valence-electron chi connectivity index (χ2n) is 6.42. The maximum atomic E-state index is 10.5. The zero-order valence-electron chi connectivity index (χ0n) is 14.9. The van der Waals surface area contributed by atoms with E-state index in [1.807, 2.05) is 37.3 Å². The molecule has 28 heavy (non-hydrogen) atoms. The van der Waals surface area contributed by atoms with E-state index in [2.05, 4.69) is 15.3 Å². The van der Waals surface area contributed by atoms with Gasteiger partial charge in [0.05, 0.1) is 21.2 Å². The summed E-state index contributed by atoms with van der Waals surface area (Å²) in [4.78, 5) is 8.80. The molecular formula is C21H16Cl2N4O. The van der Waals surface area contributed by atoms with Crippen LogP contribution in [-0.2, 0) is 0 Å². The van der Waals surface area contributed by atoms with Crippen LogP contribution < -0.4 is 11.1 Å². The fourth-order valence-corrected chi connectivity index (χ4v) is 3.64. The van der Waals surface area contributed by atoms with Crippen LogP contribution in [0.3, 0.4) is 0 Å². The van der Waals surface area contributed by atoms with Gasteiger partial charge in [-0.3, -0.25) is 0 Å². The van der Waals surface area contributed by atoms with Gasteiger partial charge >= 0.3 is 0 Å². The molecule has 0 saturated carbocycles. The van der Waals surface area contributed by atoms with Crippen molar-refractivity contribution >= 4 is 51.4 Å². The topological polar surface area (TPSA) is 84.1 Å². The van der Waals surface area contributed by atoms with Crippen LogP contribution in [0.25, 0.3) is 22.0 Å². The molecule has 0 atom stereocenters. The van der Waals surface area contributed by atoms with E-state index in [0.29, 0.717) is 32.9 Å². The van der Waals surface area contributed by atoms with Crippen LogP contribution in [0.2, 0.25) is 10.0 Å². The Balaban J connectivity index is 1.75. The van der Waals surface area contributed by atoms with E-state index >= 15 is 0 Å². The molecule has 0 aliphatic carbocycles. The van der Waals surface area contributed by atoms with Crippen LogP contribution in [0.4, 0.5) is 17.3 Å². The summed E-state index contributed by atoms with van der Waals surface area (Å²) in [5.74, 6) is 0.458. The number of phenols is 1. The highest BCUT2D eigenvalue weighted by Gasteiger charge is 2.12. The number of nitrogens with two attached hydrogens (primary N) is 1. The quantitative estimate of drug-likeness (QED) is 0.363. The van der Waals surface area contributed by atoms with Gasteiger partial charge in [0.2, 0.25) is 5.95 Å². The number of rotatable bonds is 3. The maximum absolute atomic E-state index is 10.5. The number of anilines is 3. The van der Waals surface area contributed by atoms with Gasteiger partial charge in [0.25, 0.3) is 0 Å². The first kappa shape index (κ1) is 18.3. The number of halogens is 2. The summed E-state index contributed by atoms with van der Waals surface area (Å²) in [6, 6.07) is 14.6. The van der Waals surface area contributed by atoms with E-state index < -0.39 is 0 Å². The highest BCUT2D eigenvalue weighted by molar-refractivity contribution is 6.39. The molecule has 0 aliphatic rings. The molecule has 3 aromatic carbocycles. The minimum atomic E-state index is 0.148. The molecule has 0 radical (unpaired) electrons. The average molecular weight is 411 g/mol. The van der Waals surface area contributed by atoms with Crippen LogP contribution in [0.5, 0.6) is 5.75 Å². The number of fused-ring (bicyclic) bond motifs is 1. The Kier molecular flexibility index (Phi) is 4.71. The summed E-state index contributed by atoms with van der Waals surface area (Å²) in [5.41, 5.74) is 10.0. The van der Waals surface area contributed by atoms with Gasteiger partial charge < -0.3 is 16.2 Å². The van der Waals surface area contributed by atoms with Gasteiger partial charge in [-0.05, 0) is 36.2 Å². The molecule has 7 heteroatoms. The molecule has 140 valence electrons. The van der Waals surface area contributed by atoms with Gasteiger partial charge in [0.15, 0.2) is 0 Å². The molecule has 0 aliphatic heterocycles. The molecule has 5 nitrogen and oxygen atoms in total. The molecule has 0 fully saturated rings. The van der Waals surface area contributed by atoms with Gasteiger partial charge in [-0.15, -0.1) is 0 Å². The van der Waals surface area contributed by atoms with Crippen LogP contribution in [0, 0.1) is 6.92 Å². The molecule has 0 unspecified atom stereocenters. The lowest BCUT2D eigenvalue weighted by atomic mass is 9.98. The van der Waals surface area contributed by atoms with E-state index in [4.69, 9.17) is 28.9 Å². The summed E-state index contributed by atoms with van der Waals surface area (Å²) in [7, 11) is 0. The first-order chi connectivity index (χ1) is 13.4. The largest absolute Gasteiger partial charge is 0.507 e. The predicted molar refractivity (Wildman–Crippen MR) is 116 cm³/mol. The summed E-state index contributed by atoms with van der Waals surface area (Å²) >= 11 is 12.4. The molecule has 0 amide bonds. The van der Waals surface area contributed by atoms with E-state index in [0.717, 1.165) is 22.1 Å². The molecule has 0 spiro atoms. The number of hydrogen-bond acceptors (Lipinski definition) is 5. The van der Waals surface area contributed by atoms with Gasteiger partial charge in [-0.2, -0.15) is 0 Å². The van der Waals surface area contributed by atoms with Gasteiger partial charge in [0.1, 0.15) is 5.75 Å². The Morgan fingerprint density at radius 1 is 1.00 bits per heavy atom. The zero-order chi connectivity index (χ0) is 19.8. The van der Waals surface area contributed by atoms with E-state index in [1.54, 1.807) is 24.4 Å². The number of aryl methyl sites for hydroxylation is 1. The van der Waals surface area contributed by atoms with Crippen molar-refractivity contribution in [1.29, 1.82) is 0 Å². The minimum Gasteiger partial charge on any atom is -0.507 e. The molecule has 0 bridgehead atoms. The molecular weight excluding hydrogens is 395 g/mol. The third kappa shape index (κ3) is 3.42. The number of aromatic hydroxyl groups is 1. The Hall–Kier alpha value is -3.02. The lowest BCUT2D eigenvalue weighted by molar-refractivity contribution is 0.478. The standard InChI is InChI=1S/C21H16Cl2N4O/c1-11-4-2-3-5-14(11)15-6-12-10-25-21(26-18(12)9-19(15)28)27-20-16(22)7-13(24)8-17(20)23/h2-10,28H,24H2,1H3,(H,25,26,27). The molecule has 4 aromatic rings. The van der Waals surface area contributed by atoms with Crippen molar-refractivity contribution in [3.05, 3.63) is 70.3 Å². The van der Waals surface area contributed by atoms with Gasteiger partial charge in [-0.25, -0.2) is 9.97 Å². The van der Waals surface area contributed by atoms with Gasteiger partial charge in [0, 0.05) is 28.9 Å². The summed E-state index contributed by atoms with van der Waals surface area (Å²) in [6.45, 7) is 2.00. The third-order valence-corrected chi connectivity index (χ3v) is 5.03. The number of benzene rings is 3. The van der Waals surface area contributed by atoms with Crippen molar-refractivity contribution in [2.24, 2.45) is 0 Å². The summed E-state index contributed by atoms with van der Waals surface area (Å²) < 4.78 is 0. The SMILES string of the molecule is Cc1ccccc1-c1cc2cnc(Nc3c(Cl)cc(N)cc3Cl)nc2cc1O. The Morgan fingerprint density at radius 2 is 1.71 bits per heavy atom. The van der Waals surface area contributed by atoms with Crippen molar-refractivity contribution in [3.63, 3.8) is 0 Å². The second kappa shape index (κ2) is 7.19. The molecule has 4 rings (SSSR count). The number of nitrogen functional groups attached to an aromatic ring is 1. The van der Waals surface area contributed by atoms with E-state index in [9.17, 15) is 5.11 Å². The van der Waals surface area contributed by atoms with Crippen molar-refractivity contribution in [2.75, 3.05) is 11.1 Å². The van der Waals surface area contributed by atoms with Crippen LogP contribution >= 0.6 is 23.2 Å². The predicted octanol–water partition coefficient (Wildman–Crippen LogP) is 5.94. The first-order valence-electron chi connectivity index (χ1n) is 8.49. The smallest absolute Gasteiger partial charge is 0.227 e. The maximum Gasteiger partial charge on any atom is 0.227 e. The lowest BCUT2D eigenvalue weighted by Gasteiger charge is -2.12. The molecule has 0 saturated heterocycles. The van der Waals surface area contributed by atoms with Crippen LogP contribution in [-0.4, -0.2) is 15.1 Å². The highest BCUT2D eigenvalue weighted by atomic mass is 35.5. The Labute approximate surface area is 171 Å². The van der Waals surface area contributed by atoms with Crippen LogP contribution in [0.1, 0.15) is 5.56 Å². The molecule has 4 N–H and O–H groups in total. The van der Waals surface area contributed by atoms with E-state index in [-0.39, 0.29) is 5.75 Å². The Morgan fingerprint density at radius 3 is 2.43 bits per heavy atom. The fraction of sp³-hybridized carbons (Fsp3) is 0.0476. The summed E-state index contributed by atoms with van der Waals surface area (Å²) in [6.07, 6.45) is 1.69. The fourth-order valence-electron chi connectivity index (χ4n) is 3.04. The highest BCUT2D eigenvalue weighted by Crippen LogP contribution is 2.36. The first-order valence-corrected chi connectivity index (χ1v) is 9.25. The molecule has 1 aromatic heterocycles. The number of nitrogens with zero attached hydrogens (tertiary/aromatic N) is 2. The van der Waals surface area contributed by atoms with Crippen molar-refractivity contribution < 1.29 is 5.11 Å². The van der Waals surface area contributed by atoms with E-state index in [1.165, 1.54) is 0 Å². The second-order valence-corrected chi connectivity index (χ2v) is 7.24. The lowest BCUT2D eigenvalue weighted by Crippen LogP contribution is -1.99. The van der Waals surface area contributed by atoms with Crippen LogP contribution in [0.15, 0.2) is 54.7 Å². The number of hydrogen-bond donors (Lipinski definition) is 3. The zero-order valence-corrected chi connectivity index (χ0v) is 16.4. The minimum absolute atomic E-state index is 0.148. The number of nitrogens with one attached hydrogen (secondary N) is 1. The number of phenolic OH excluding ortho intramolecular Hbond substituents is 1. The Bertz CT molecular complexity index is 1190. The summed E-state index contributed by atoms with van der Waals surface area (Å²) in [5, 5.41) is 15.1. The third-order valence-electron chi connectivity index (χ3n) is 4.43. The molecule has 1 heterocycles. The van der Waals surface area contributed by atoms with Crippen molar-refractivity contribution in [1.82, 2.24) is 9.97 Å². The van der Waals surface area contributed by atoms with Crippen molar-refractivity contribution in [2.45, 2.75) is 6.92 Å². The van der Waals surface area contributed by atoms with Crippen molar-refractivity contribution in [3.8, 4) is 16.9 Å². The average Bonchev–Trinajstić information content (AvgIpc) is 2.64.